The number of carbonyl (C=O) groups is 1. The van der Waals surface area contributed by atoms with Crippen molar-refractivity contribution >= 4 is 16.8 Å². The van der Waals surface area contributed by atoms with Crippen LogP contribution >= 0.6 is 0 Å². The topological polar surface area (TPSA) is 33.2 Å². The Hall–Kier alpha value is -2.16. The van der Waals surface area contributed by atoms with Crippen LogP contribution in [0.5, 0.6) is 0 Å². The molecular weight excluding hydrogens is 248 g/mol. The van der Waals surface area contributed by atoms with Gasteiger partial charge < -0.3 is 4.90 Å². The molecule has 3 heteroatoms. The molecule has 0 radical (unpaired) electrons. The number of likely N-dealkylation sites (tertiary alicyclic amines) is 1. The van der Waals surface area contributed by atoms with Crippen molar-refractivity contribution < 1.29 is 4.79 Å². The van der Waals surface area contributed by atoms with Crippen LogP contribution in [0.3, 0.4) is 0 Å². The van der Waals surface area contributed by atoms with Crippen molar-refractivity contribution in [1.82, 2.24) is 9.88 Å². The fourth-order valence-electron chi connectivity index (χ4n) is 2.80. The minimum atomic E-state index is 0.239. The molecule has 0 N–H and O–H groups in total. The summed E-state index contributed by atoms with van der Waals surface area (Å²) in [5, 5.41) is 1.15. The van der Waals surface area contributed by atoms with Crippen molar-refractivity contribution in [2.75, 3.05) is 13.1 Å². The smallest absolute Gasteiger partial charge is 0.223 e. The number of hydrogen-bond acceptors (Lipinski definition) is 2. The fraction of sp³-hybridized carbons (Fsp3) is 0.294. The van der Waals surface area contributed by atoms with Crippen LogP contribution in [0.1, 0.15) is 12.0 Å². The number of nitrogens with zero attached hydrogens (tertiary/aromatic N) is 2. The predicted molar refractivity (Wildman–Crippen MR) is 80.3 cm³/mol. The summed E-state index contributed by atoms with van der Waals surface area (Å²) in [6, 6.07) is 10.2. The lowest BCUT2D eigenvalue weighted by molar-refractivity contribution is -0.127. The van der Waals surface area contributed by atoms with Gasteiger partial charge in [-0.15, -0.1) is 6.58 Å². The van der Waals surface area contributed by atoms with Crippen LogP contribution in [0, 0.1) is 5.92 Å². The number of amides is 1. The Morgan fingerprint density at radius 3 is 3.00 bits per heavy atom. The third-order valence-electron chi connectivity index (χ3n) is 3.95. The molecule has 3 rings (SSSR count). The summed E-state index contributed by atoms with van der Waals surface area (Å²) in [5.41, 5.74) is 2.25. The molecule has 0 saturated carbocycles. The summed E-state index contributed by atoms with van der Waals surface area (Å²) in [5.74, 6) is 0.552. The van der Waals surface area contributed by atoms with Gasteiger partial charge in [0.05, 0.1) is 5.52 Å². The fourth-order valence-corrected chi connectivity index (χ4v) is 2.80. The summed E-state index contributed by atoms with van der Waals surface area (Å²) in [6.45, 7) is 5.35. The van der Waals surface area contributed by atoms with Gasteiger partial charge in [-0.25, -0.2) is 0 Å². The average Bonchev–Trinajstić information content (AvgIpc) is 2.85. The number of aromatic nitrogens is 1. The van der Waals surface area contributed by atoms with Gasteiger partial charge in [-0.05, 0) is 18.1 Å². The summed E-state index contributed by atoms with van der Waals surface area (Å²) < 4.78 is 0. The third-order valence-corrected chi connectivity index (χ3v) is 3.95. The van der Waals surface area contributed by atoms with E-state index in [0.29, 0.717) is 12.3 Å². The maximum atomic E-state index is 11.9. The number of para-hydroxylation sites is 1. The zero-order valence-corrected chi connectivity index (χ0v) is 11.5. The van der Waals surface area contributed by atoms with Gasteiger partial charge >= 0.3 is 0 Å². The second-order valence-electron chi connectivity index (χ2n) is 5.28. The van der Waals surface area contributed by atoms with E-state index in [1.807, 2.05) is 23.2 Å². The first-order chi connectivity index (χ1) is 9.78. The number of carbonyl (C=O) groups excluding carboxylic acids is 1. The molecule has 1 saturated heterocycles. The van der Waals surface area contributed by atoms with Gasteiger partial charge in [0.1, 0.15) is 0 Å². The molecule has 102 valence electrons. The SMILES string of the molecule is C=CC1CC(=O)N(CCc2cccc3cccnc23)C1. The monoisotopic (exact) mass is 266 g/mol. The van der Waals surface area contributed by atoms with E-state index in [1.54, 1.807) is 0 Å². The van der Waals surface area contributed by atoms with E-state index in [1.165, 1.54) is 5.56 Å². The molecule has 1 unspecified atom stereocenters. The maximum absolute atomic E-state index is 11.9. The van der Waals surface area contributed by atoms with E-state index >= 15 is 0 Å². The number of benzene rings is 1. The Morgan fingerprint density at radius 2 is 2.20 bits per heavy atom. The second kappa shape index (κ2) is 5.45. The van der Waals surface area contributed by atoms with E-state index in [-0.39, 0.29) is 5.91 Å². The Balaban J connectivity index is 1.74. The molecule has 2 heterocycles. The van der Waals surface area contributed by atoms with Gasteiger partial charge in [-0.3, -0.25) is 9.78 Å². The molecule has 0 bridgehead atoms. The molecular formula is C17H18N2O. The second-order valence-corrected chi connectivity index (χ2v) is 5.28. The number of hydrogen-bond donors (Lipinski definition) is 0. The van der Waals surface area contributed by atoms with E-state index in [9.17, 15) is 4.79 Å². The summed E-state index contributed by atoms with van der Waals surface area (Å²) in [6.07, 6.45) is 5.17. The quantitative estimate of drug-likeness (QED) is 0.797. The minimum Gasteiger partial charge on any atom is -0.342 e. The van der Waals surface area contributed by atoms with Crippen molar-refractivity contribution in [3.05, 3.63) is 54.7 Å². The standard InChI is InChI=1S/C17H18N2O/c1-2-13-11-16(20)19(12-13)10-8-15-6-3-5-14-7-4-9-18-17(14)15/h2-7,9,13H,1,8,10-12H2. The molecule has 1 aromatic heterocycles. The molecule has 2 aromatic rings. The zero-order chi connectivity index (χ0) is 13.9. The first-order valence-electron chi connectivity index (χ1n) is 7.01. The predicted octanol–water partition coefficient (Wildman–Crippen LogP) is 2.81. The van der Waals surface area contributed by atoms with Crippen molar-refractivity contribution in [3.8, 4) is 0 Å². The lowest BCUT2D eigenvalue weighted by Crippen LogP contribution is -2.27. The lowest BCUT2D eigenvalue weighted by atomic mass is 10.1. The molecule has 1 atom stereocenters. The van der Waals surface area contributed by atoms with Gasteiger partial charge in [-0.2, -0.15) is 0 Å². The molecule has 1 amide bonds. The summed E-state index contributed by atoms with van der Waals surface area (Å²) in [7, 11) is 0. The molecule has 3 nitrogen and oxygen atoms in total. The van der Waals surface area contributed by atoms with Crippen molar-refractivity contribution in [2.24, 2.45) is 5.92 Å². The highest BCUT2D eigenvalue weighted by molar-refractivity contribution is 5.82. The number of pyridine rings is 1. The first kappa shape index (κ1) is 12.9. The van der Waals surface area contributed by atoms with E-state index in [2.05, 4.69) is 35.8 Å². The first-order valence-corrected chi connectivity index (χ1v) is 7.01. The molecule has 1 aliphatic rings. The summed E-state index contributed by atoms with van der Waals surface area (Å²) in [4.78, 5) is 18.3. The van der Waals surface area contributed by atoms with Crippen LogP contribution < -0.4 is 0 Å². The molecule has 1 aliphatic heterocycles. The van der Waals surface area contributed by atoms with Crippen molar-refractivity contribution in [1.29, 1.82) is 0 Å². The largest absolute Gasteiger partial charge is 0.342 e. The Bertz CT molecular complexity index is 645. The highest BCUT2D eigenvalue weighted by Gasteiger charge is 2.26. The van der Waals surface area contributed by atoms with Crippen LogP contribution in [0.2, 0.25) is 0 Å². The molecule has 0 spiro atoms. The van der Waals surface area contributed by atoms with Gasteiger partial charge in [-0.1, -0.05) is 30.3 Å². The number of rotatable bonds is 4. The van der Waals surface area contributed by atoms with Crippen LogP contribution in [0.4, 0.5) is 0 Å². The number of fused-ring (bicyclic) bond motifs is 1. The molecule has 0 aliphatic carbocycles. The Morgan fingerprint density at radius 1 is 1.35 bits per heavy atom. The minimum absolute atomic E-state index is 0.239. The van der Waals surface area contributed by atoms with Gasteiger partial charge in [0, 0.05) is 37.0 Å². The maximum Gasteiger partial charge on any atom is 0.223 e. The van der Waals surface area contributed by atoms with Crippen LogP contribution in [0.15, 0.2) is 49.2 Å². The summed E-state index contributed by atoms with van der Waals surface area (Å²) >= 11 is 0. The van der Waals surface area contributed by atoms with Crippen LogP contribution in [-0.4, -0.2) is 28.9 Å². The highest BCUT2D eigenvalue weighted by atomic mass is 16.2. The Labute approximate surface area is 118 Å². The average molecular weight is 266 g/mol. The van der Waals surface area contributed by atoms with Crippen LogP contribution in [-0.2, 0) is 11.2 Å². The molecule has 1 fully saturated rings. The third kappa shape index (κ3) is 2.44. The zero-order valence-electron chi connectivity index (χ0n) is 11.5. The van der Waals surface area contributed by atoms with E-state index < -0.39 is 0 Å². The lowest BCUT2D eigenvalue weighted by Gasteiger charge is -2.16. The normalized spacial score (nSPS) is 18.7. The molecule has 1 aromatic carbocycles. The van der Waals surface area contributed by atoms with Gasteiger partial charge in [0.2, 0.25) is 5.91 Å². The van der Waals surface area contributed by atoms with Crippen molar-refractivity contribution in [2.45, 2.75) is 12.8 Å². The van der Waals surface area contributed by atoms with E-state index in [4.69, 9.17) is 0 Å². The van der Waals surface area contributed by atoms with Gasteiger partial charge in [0.25, 0.3) is 0 Å². The van der Waals surface area contributed by atoms with E-state index in [0.717, 1.165) is 30.4 Å². The van der Waals surface area contributed by atoms with Gasteiger partial charge in [0.15, 0.2) is 0 Å². The van der Waals surface area contributed by atoms with Crippen LogP contribution in [0.25, 0.3) is 10.9 Å². The molecule has 20 heavy (non-hydrogen) atoms. The Kier molecular flexibility index (Phi) is 3.50. The van der Waals surface area contributed by atoms with Crippen molar-refractivity contribution in [3.63, 3.8) is 0 Å². The highest BCUT2D eigenvalue weighted by Crippen LogP contribution is 2.21.